The Labute approximate surface area is 92.4 Å². The van der Waals surface area contributed by atoms with Crippen molar-refractivity contribution < 1.29 is 9.66 Å². The third-order valence-corrected chi connectivity index (χ3v) is 1.84. The van der Waals surface area contributed by atoms with E-state index in [1.165, 1.54) is 25.1 Å². The molecule has 0 spiro atoms. The summed E-state index contributed by atoms with van der Waals surface area (Å²) in [5.41, 5.74) is 4.23. The fourth-order valence-corrected chi connectivity index (χ4v) is 0.990. The van der Waals surface area contributed by atoms with Crippen LogP contribution < -0.4 is 10.5 Å². The normalized spacial score (nSPS) is 13.6. The molecule has 1 atom stereocenters. The molecule has 0 fully saturated rings. The molecule has 0 radical (unpaired) electrons. The fraction of sp³-hybridized carbons (Fsp3) is 0.300. The van der Waals surface area contributed by atoms with Crippen molar-refractivity contribution >= 4 is 5.69 Å². The second kappa shape index (κ2) is 4.59. The molecule has 0 amide bonds. The van der Waals surface area contributed by atoms with Crippen molar-refractivity contribution in [3.8, 4) is 11.8 Å². The monoisotopic (exact) mass is 221 g/mol. The highest BCUT2D eigenvalue weighted by Gasteiger charge is 2.21. The highest BCUT2D eigenvalue weighted by molar-refractivity contribution is 5.45. The Kier molecular flexibility index (Phi) is 3.43. The third-order valence-electron chi connectivity index (χ3n) is 1.84. The molecular weight excluding hydrogens is 210 g/mol. The van der Waals surface area contributed by atoms with Crippen LogP contribution in [0.4, 0.5) is 5.69 Å². The van der Waals surface area contributed by atoms with Gasteiger partial charge in [-0.15, -0.1) is 0 Å². The summed E-state index contributed by atoms with van der Waals surface area (Å²) in [5, 5.41) is 19.3. The van der Waals surface area contributed by atoms with Gasteiger partial charge in [0.25, 0.3) is 0 Å². The maximum atomic E-state index is 10.6. The first-order chi connectivity index (χ1) is 7.46. The first-order valence-electron chi connectivity index (χ1n) is 4.52. The molecule has 16 heavy (non-hydrogen) atoms. The van der Waals surface area contributed by atoms with Crippen LogP contribution in [-0.4, -0.2) is 17.1 Å². The second-order valence-corrected chi connectivity index (χ2v) is 3.54. The number of rotatable bonds is 4. The minimum Gasteiger partial charge on any atom is -0.484 e. The van der Waals surface area contributed by atoms with Gasteiger partial charge in [-0.3, -0.25) is 10.1 Å². The lowest BCUT2D eigenvalue weighted by Gasteiger charge is -2.15. The topological polar surface area (TPSA) is 102 Å². The summed E-state index contributed by atoms with van der Waals surface area (Å²) in [6.07, 6.45) is 0. The van der Waals surface area contributed by atoms with E-state index in [9.17, 15) is 10.1 Å². The summed E-state index contributed by atoms with van der Waals surface area (Å²) >= 11 is 0. The number of ether oxygens (including phenoxy) is 1. The SMILES string of the molecule is CC(N)(C#N)COc1ccccc1[N+](=O)[O-]. The van der Waals surface area contributed by atoms with Gasteiger partial charge < -0.3 is 10.5 Å². The molecule has 0 saturated carbocycles. The van der Waals surface area contributed by atoms with Crippen molar-refractivity contribution in [1.29, 1.82) is 5.26 Å². The molecule has 1 aromatic carbocycles. The van der Waals surface area contributed by atoms with Crippen molar-refractivity contribution in [2.75, 3.05) is 6.61 Å². The van der Waals surface area contributed by atoms with Gasteiger partial charge in [-0.2, -0.15) is 5.26 Å². The smallest absolute Gasteiger partial charge is 0.310 e. The van der Waals surface area contributed by atoms with Gasteiger partial charge in [-0.05, 0) is 13.0 Å². The highest BCUT2D eigenvalue weighted by Crippen LogP contribution is 2.26. The molecule has 0 saturated heterocycles. The Hall–Kier alpha value is -2.13. The van der Waals surface area contributed by atoms with Crippen LogP contribution in [0.15, 0.2) is 24.3 Å². The Bertz CT molecular complexity index is 437. The number of nitro groups is 1. The molecule has 0 aliphatic heterocycles. The standard InChI is InChI=1S/C10H11N3O3/c1-10(12,6-11)7-16-9-5-3-2-4-8(9)13(14)15/h2-5H,7,12H2,1H3. The number of hydrogen-bond acceptors (Lipinski definition) is 5. The largest absolute Gasteiger partial charge is 0.484 e. The summed E-state index contributed by atoms with van der Waals surface area (Å²) in [6.45, 7) is 1.39. The second-order valence-electron chi connectivity index (χ2n) is 3.54. The molecule has 0 heterocycles. The quantitative estimate of drug-likeness (QED) is 0.608. The molecule has 2 N–H and O–H groups in total. The van der Waals surface area contributed by atoms with E-state index < -0.39 is 10.5 Å². The van der Waals surface area contributed by atoms with Gasteiger partial charge in [0.2, 0.25) is 0 Å². The van der Waals surface area contributed by atoms with Crippen molar-refractivity contribution in [3.63, 3.8) is 0 Å². The van der Waals surface area contributed by atoms with Gasteiger partial charge in [0, 0.05) is 6.07 Å². The molecular formula is C10H11N3O3. The van der Waals surface area contributed by atoms with Crippen LogP contribution >= 0.6 is 0 Å². The molecule has 1 rings (SSSR count). The van der Waals surface area contributed by atoms with Crippen molar-refractivity contribution in [3.05, 3.63) is 34.4 Å². The zero-order valence-electron chi connectivity index (χ0n) is 8.71. The van der Waals surface area contributed by atoms with Crippen LogP contribution in [0.3, 0.4) is 0 Å². The predicted octanol–water partition coefficient (Wildman–Crippen LogP) is 1.21. The number of nitriles is 1. The van der Waals surface area contributed by atoms with E-state index in [1.54, 1.807) is 6.07 Å². The first kappa shape index (κ1) is 11.9. The average molecular weight is 221 g/mol. The predicted molar refractivity (Wildman–Crippen MR) is 56.8 cm³/mol. The summed E-state index contributed by atoms with van der Waals surface area (Å²) in [7, 11) is 0. The zero-order chi connectivity index (χ0) is 12.2. The van der Waals surface area contributed by atoms with E-state index >= 15 is 0 Å². The average Bonchev–Trinajstić information content (AvgIpc) is 2.27. The summed E-state index contributed by atoms with van der Waals surface area (Å²) in [5.74, 6) is 0.111. The molecule has 6 heteroatoms. The Morgan fingerprint density at radius 2 is 2.25 bits per heavy atom. The minimum atomic E-state index is -1.16. The Balaban J connectivity index is 2.83. The third kappa shape index (κ3) is 2.93. The number of hydrogen-bond donors (Lipinski definition) is 1. The summed E-state index contributed by atoms with van der Waals surface area (Å²) in [6, 6.07) is 7.79. The van der Waals surface area contributed by atoms with E-state index in [1.807, 2.05) is 6.07 Å². The molecule has 0 aromatic heterocycles. The lowest BCUT2D eigenvalue weighted by molar-refractivity contribution is -0.385. The number of nitrogens with two attached hydrogens (primary N) is 1. The van der Waals surface area contributed by atoms with E-state index in [-0.39, 0.29) is 18.0 Å². The maximum absolute atomic E-state index is 10.6. The van der Waals surface area contributed by atoms with E-state index in [0.29, 0.717) is 0 Å². The molecule has 84 valence electrons. The molecule has 0 bridgehead atoms. The Morgan fingerprint density at radius 1 is 1.62 bits per heavy atom. The fourth-order valence-electron chi connectivity index (χ4n) is 0.990. The van der Waals surface area contributed by atoms with Crippen LogP contribution in [0.5, 0.6) is 5.75 Å². The molecule has 0 aliphatic carbocycles. The van der Waals surface area contributed by atoms with Gasteiger partial charge in [-0.1, -0.05) is 12.1 Å². The van der Waals surface area contributed by atoms with Crippen LogP contribution in [0.25, 0.3) is 0 Å². The van der Waals surface area contributed by atoms with Gasteiger partial charge in [-0.25, -0.2) is 0 Å². The Morgan fingerprint density at radius 3 is 2.81 bits per heavy atom. The molecule has 0 aliphatic rings. The molecule has 1 aromatic rings. The zero-order valence-corrected chi connectivity index (χ0v) is 8.71. The van der Waals surface area contributed by atoms with Crippen LogP contribution in [0, 0.1) is 21.4 Å². The highest BCUT2D eigenvalue weighted by atomic mass is 16.6. The lowest BCUT2D eigenvalue weighted by Crippen LogP contribution is -2.40. The lowest BCUT2D eigenvalue weighted by atomic mass is 10.1. The number of nitrogens with zero attached hydrogens (tertiary/aromatic N) is 2. The van der Waals surface area contributed by atoms with Crippen molar-refractivity contribution in [1.82, 2.24) is 0 Å². The van der Waals surface area contributed by atoms with E-state index in [2.05, 4.69) is 0 Å². The van der Waals surface area contributed by atoms with Gasteiger partial charge in [0.05, 0.1) is 11.0 Å². The molecule has 1 unspecified atom stereocenters. The van der Waals surface area contributed by atoms with Crippen molar-refractivity contribution in [2.24, 2.45) is 5.73 Å². The van der Waals surface area contributed by atoms with Gasteiger partial charge in [0.1, 0.15) is 12.1 Å². The maximum Gasteiger partial charge on any atom is 0.310 e. The number of para-hydroxylation sites is 2. The number of benzene rings is 1. The van der Waals surface area contributed by atoms with Crippen molar-refractivity contribution in [2.45, 2.75) is 12.5 Å². The van der Waals surface area contributed by atoms with Gasteiger partial charge >= 0.3 is 5.69 Å². The van der Waals surface area contributed by atoms with E-state index in [4.69, 9.17) is 15.7 Å². The minimum absolute atomic E-state index is 0.103. The van der Waals surface area contributed by atoms with Crippen LogP contribution in [0.1, 0.15) is 6.92 Å². The van der Waals surface area contributed by atoms with Crippen LogP contribution in [-0.2, 0) is 0 Å². The van der Waals surface area contributed by atoms with Crippen LogP contribution in [0.2, 0.25) is 0 Å². The number of nitro benzene ring substituents is 1. The molecule has 6 nitrogen and oxygen atoms in total. The van der Waals surface area contributed by atoms with E-state index in [0.717, 1.165) is 0 Å². The first-order valence-corrected chi connectivity index (χ1v) is 4.52. The van der Waals surface area contributed by atoms with Gasteiger partial charge in [0.15, 0.2) is 5.75 Å². The summed E-state index contributed by atoms with van der Waals surface area (Å²) in [4.78, 5) is 10.1. The summed E-state index contributed by atoms with van der Waals surface area (Å²) < 4.78 is 5.16.